The fourth-order valence-corrected chi connectivity index (χ4v) is 6.74. The molecule has 2 aromatic heterocycles. The first-order chi connectivity index (χ1) is 22.7. The number of benzene rings is 2. The van der Waals surface area contributed by atoms with Crippen LogP contribution < -0.4 is 14.8 Å². The van der Waals surface area contributed by atoms with E-state index in [0.717, 1.165) is 18.4 Å². The Hall–Kier alpha value is -4.56. The normalized spacial score (nSPS) is 16.0. The Morgan fingerprint density at radius 3 is 2.62 bits per heavy atom. The third-order valence-corrected chi connectivity index (χ3v) is 9.14. The number of nitrogens with zero attached hydrogens (tertiary/aromatic N) is 4. The highest BCUT2D eigenvalue weighted by Crippen LogP contribution is 2.39. The third-order valence-electron chi connectivity index (χ3n) is 7.72. The second-order valence-electron chi connectivity index (χ2n) is 12.8. The lowest BCUT2D eigenvalue weighted by atomic mass is 10.0. The number of fused-ring (bicyclic) bond motifs is 1. The number of hydrogen-bond acceptors (Lipinski definition) is 10. The minimum absolute atomic E-state index is 0.0748. The number of carbonyl (C=O) groups excluding carboxylic acids is 1. The lowest BCUT2D eigenvalue weighted by molar-refractivity contribution is 0.0206. The van der Waals surface area contributed by atoms with Gasteiger partial charge >= 0.3 is 6.09 Å². The molecule has 2 aromatic carbocycles. The van der Waals surface area contributed by atoms with Crippen LogP contribution in [0.4, 0.5) is 20.8 Å². The molecule has 256 valence electrons. The summed E-state index contributed by atoms with van der Waals surface area (Å²) in [5, 5.41) is 4.16. The van der Waals surface area contributed by atoms with Crippen LogP contribution in [0.5, 0.6) is 11.6 Å². The topological polar surface area (TPSA) is 145 Å². The van der Waals surface area contributed by atoms with Gasteiger partial charge in [0, 0.05) is 49.4 Å². The van der Waals surface area contributed by atoms with Crippen LogP contribution in [0.2, 0.25) is 0 Å². The molecule has 1 unspecified atom stereocenters. The van der Waals surface area contributed by atoms with Crippen LogP contribution in [0.25, 0.3) is 22.0 Å². The molecule has 0 aliphatic carbocycles. The molecule has 1 aliphatic heterocycles. The van der Waals surface area contributed by atoms with Crippen molar-refractivity contribution in [1.82, 2.24) is 19.9 Å². The molecule has 1 saturated heterocycles. The van der Waals surface area contributed by atoms with E-state index in [9.17, 15) is 13.2 Å². The first-order valence-corrected chi connectivity index (χ1v) is 17.3. The van der Waals surface area contributed by atoms with E-state index >= 15 is 4.39 Å². The number of likely N-dealkylation sites (tertiary alicyclic amines) is 1. The second-order valence-corrected chi connectivity index (χ2v) is 14.6. The molecule has 0 bridgehead atoms. The van der Waals surface area contributed by atoms with Gasteiger partial charge in [0.2, 0.25) is 21.9 Å². The Morgan fingerprint density at radius 1 is 1.10 bits per heavy atom. The van der Waals surface area contributed by atoms with Crippen molar-refractivity contribution >= 4 is 38.5 Å². The monoisotopic (exact) mass is 680 g/mol. The van der Waals surface area contributed by atoms with Crippen LogP contribution in [0.15, 0.2) is 54.9 Å². The number of aryl methyl sites for hydroxylation is 1. The van der Waals surface area contributed by atoms with Crippen LogP contribution in [0, 0.1) is 12.7 Å². The highest BCUT2D eigenvalue weighted by Gasteiger charge is 2.28. The molecule has 0 radical (unpaired) electrons. The average molecular weight is 681 g/mol. The van der Waals surface area contributed by atoms with Gasteiger partial charge in [0.1, 0.15) is 17.2 Å². The van der Waals surface area contributed by atoms with Crippen LogP contribution >= 0.6 is 0 Å². The van der Waals surface area contributed by atoms with Crippen molar-refractivity contribution in [2.75, 3.05) is 36.0 Å². The van der Waals surface area contributed by atoms with Gasteiger partial charge in [-0.1, -0.05) is 12.1 Å². The van der Waals surface area contributed by atoms with Crippen molar-refractivity contribution in [2.45, 2.75) is 65.2 Å². The Bertz CT molecular complexity index is 1900. The summed E-state index contributed by atoms with van der Waals surface area (Å²) in [6, 6.07) is 11.4. The summed E-state index contributed by atoms with van der Waals surface area (Å²) in [5.74, 6) is -0.0564. The molecule has 5 rings (SSSR count). The van der Waals surface area contributed by atoms with Gasteiger partial charge in [-0.05, 0) is 83.4 Å². The lowest BCUT2D eigenvalue weighted by Gasteiger charge is -2.34. The Labute approximate surface area is 280 Å². The second kappa shape index (κ2) is 14.3. The zero-order valence-corrected chi connectivity index (χ0v) is 28.7. The smallest absolute Gasteiger partial charge is 0.410 e. The van der Waals surface area contributed by atoms with Gasteiger partial charge in [-0.15, -0.1) is 0 Å². The number of carbonyl (C=O) groups is 1. The van der Waals surface area contributed by atoms with Gasteiger partial charge in [-0.2, -0.15) is 0 Å². The first kappa shape index (κ1) is 34.8. The van der Waals surface area contributed by atoms with E-state index in [4.69, 9.17) is 19.2 Å². The maximum Gasteiger partial charge on any atom is 0.410 e. The molecule has 1 amide bonds. The van der Waals surface area contributed by atoms with Gasteiger partial charge in [0.05, 0.1) is 28.8 Å². The van der Waals surface area contributed by atoms with Gasteiger partial charge in [0.25, 0.3) is 0 Å². The van der Waals surface area contributed by atoms with Crippen molar-refractivity contribution in [3.05, 3.63) is 66.2 Å². The molecule has 2 atom stereocenters. The SMILES string of the molecule is COC(C)CS(=O)(=O)Nc1c(F)ccc2c(Oc3ncccc3-c3ccnc(N[C@H]4CCCN(C(=O)OC(C)(C)C)C4)n3)c(C)ccc12. The number of halogens is 1. The molecule has 3 heterocycles. The fraction of sp³-hybridized carbons (Fsp3) is 0.412. The predicted octanol–water partition coefficient (Wildman–Crippen LogP) is 6.52. The Kier molecular flexibility index (Phi) is 10.3. The number of sulfonamides is 1. The van der Waals surface area contributed by atoms with E-state index in [-0.39, 0.29) is 29.5 Å². The summed E-state index contributed by atoms with van der Waals surface area (Å²) in [5.41, 5.74) is 1.09. The summed E-state index contributed by atoms with van der Waals surface area (Å²) < 4.78 is 60.2. The van der Waals surface area contributed by atoms with E-state index in [1.807, 2.05) is 33.8 Å². The molecule has 2 N–H and O–H groups in total. The van der Waals surface area contributed by atoms with Gasteiger partial charge in [-0.3, -0.25) is 4.72 Å². The summed E-state index contributed by atoms with van der Waals surface area (Å²) in [7, 11) is -2.52. The molecule has 0 saturated carbocycles. The summed E-state index contributed by atoms with van der Waals surface area (Å²) >= 11 is 0. The van der Waals surface area contributed by atoms with Crippen LogP contribution in [0.3, 0.4) is 0 Å². The largest absolute Gasteiger partial charge is 0.444 e. The van der Waals surface area contributed by atoms with E-state index in [2.05, 4.69) is 20.0 Å². The molecule has 48 heavy (non-hydrogen) atoms. The van der Waals surface area contributed by atoms with Crippen LogP contribution in [-0.4, -0.2) is 78.1 Å². The molecule has 12 nitrogen and oxygen atoms in total. The molecular formula is C34H41FN6O6S. The van der Waals surface area contributed by atoms with Crippen LogP contribution in [0.1, 0.15) is 46.1 Å². The Morgan fingerprint density at radius 2 is 1.88 bits per heavy atom. The van der Waals surface area contributed by atoms with Crippen LogP contribution in [-0.2, 0) is 19.5 Å². The number of methoxy groups -OCH3 is 1. The number of rotatable bonds is 10. The number of hydrogen-bond donors (Lipinski definition) is 2. The number of nitrogens with one attached hydrogen (secondary N) is 2. The highest BCUT2D eigenvalue weighted by molar-refractivity contribution is 7.92. The fourth-order valence-electron chi connectivity index (χ4n) is 5.39. The van der Waals surface area contributed by atoms with Crippen molar-refractivity contribution in [1.29, 1.82) is 0 Å². The quantitative estimate of drug-likeness (QED) is 0.190. The number of anilines is 2. The number of piperidine rings is 1. The molecular weight excluding hydrogens is 639 g/mol. The van der Waals surface area contributed by atoms with Gasteiger partial charge < -0.3 is 24.4 Å². The molecule has 1 fully saturated rings. The zero-order chi connectivity index (χ0) is 34.6. The predicted molar refractivity (Wildman–Crippen MR) is 182 cm³/mol. The third kappa shape index (κ3) is 8.47. The van der Waals surface area contributed by atoms with E-state index < -0.39 is 27.5 Å². The number of amides is 1. The van der Waals surface area contributed by atoms with E-state index in [1.54, 1.807) is 54.5 Å². The molecule has 4 aromatic rings. The molecule has 0 spiro atoms. The number of pyridine rings is 1. The zero-order valence-electron chi connectivity index (χ0n) is 27.9. The van der Waals surface area contributed by atoms with Crippen molar-refractivity contribution < 1.29 is 31.8 Å². The maximum absolute atomic E-state index is 15.1. The lowest BCUT2D eigenvalue weighted by Crippen LogP contribution is -2.47. The Balaban J connectivity index is 1.41. The minimum atomic E-state index is -3.93. The molecule has 1 aliphatic rings. The van der Waals surface area contributed by atoms with Crippen molar-refractivity contribution in [3.8, 4) is 22.9 Å². The summed E-state index contributed by atoms with van der Waals surface area (Å²) in [4.78, 5) is 28.0. The molecule has 14 heteroatoms. The maximum atomic E-state index is 15.1. The van der Waals surface area contributed by atoms with E-state index in [0.29, 0.717) is 46.8 Å². The van der Waals surface area contributed by atoms with Crippen molar-refractivity contribution in [3.63, 3.8) is 0 Å². The van der Waals surface area contributed by atoms with Gasteiger partial charge in [-0.25, -0.2) is 32.6 Å². The highest BCUT2D eigenvalue weighted by atomic mass is 32.2. The van der Waals surface area contributed by atoms with E-state index in [1.165, 1.54) is 13.2 Å². The van der Waals surface area contributed by atoms with Crippen molar-refractivity contribution in [2.24, 2.45) is 0 Å². The number of aromatic nitrogens is 3. The standard InChI is InChI=1S/C34H41FN6O6S/c1-21-11-12-24-25(13-14-27(35)29(24)40-48(43,44)20-22(2)45-6)30(21)46-31-26(10-7-16-36-31)28-15-17-37-32(39-28)38-23-9-8-18-41(19-23)33(42)47-34(3,4)5/h7,10-17,22-23,40H,8-9,18-20H2,1-6H3,(H,37,38,39)/t22?,23-/m0/s1. The summed E-state index contributed by atoms with van der Waals surface area (Å²) in [6.45, 7) is 10.0. The average Bonchev–Trinajstić information content (AvgIpc) is 3.03. The first-order valence-electron chi connectivity index (χ1n) is 15.7. The number of ether oxygens (including phenoxy) is 3. The summed E-state index contributed by atoms with van der Waals surface area (Å²) in [6.07, 6.45) is 3.92. The van der Waals surface area contributed by atoms with Gasteiger partial charge in [0.15, 0.2) is 0 Å². The minimum Gasteiger partial charge on any atom is -0.444 e.